The molecule has 2 aliphatic rings. The van der Waals surface area contributed by atoms with Crippen LogP contribution in [0.15, 0.2) is 60.9 Å². The van der Waals surface area contributed by atoms with E-state index in [4.69, 9.17) is 4.74 Å². The number of hydrogen-bond donors (Lipinski definition) is 1. The highest BCUT2D eigenvalue weighted by molar-refractivity contribution is 5.29. The van der Waals surface area contributed by atoms with Crippen molar-refractivity contribution >= 4 is 0 Å². The lowest BCUT2D eigenvalue weighted by Gasteiger charge is -2.52. The number of ether oxygens (including phenoxy) is 1. The summed E-state index contributed by atoms with van der Waals surface area (Å²) in [6, 6.07) is 14.6. The second-order valence-corrected chi connectivity index (χ2v) is 9.27. The van der Waals surface area contributed by atoms with Crippen molar-refractivity contribution in [2.75, 3.05) is 13.1 Å². The summed E-state index contributed by atoms with van der Waals surface area (Å²) in [5.41, 5.74) is 1.30. The molecule has 5 nitrogen and oxygen atoms in total. The van der Waals surface area contributed by atoms with Gasteiger partial charge in [0.1, 0.15) is 29.6 Å². The van der Waals surface area contributed by atoms with Gasteiger partial charge < -0.3 is 14.4 Å². The smallest absolute Gasteiger partial charge is 0.141 e. The van der Waals surface area contributed by atoms with E-state index in [1.807, 2.05) is 29.9 Å². The molecule has 5 rings (SSSR count). The molecule has 0 unspecified atom stereocenters. The Kier molecular flexibility index (Phi) is 5.74. The summed E-state index contributed by atoms with van der Waals surface area (Å²) >= 11 is 0. The van der Waals surface area contributed by atoms with E-state index in [0.717, 1.165) is 49.6 Å². The van der Waals surface area contributed by atoms with Gasteiger partial charge in [0.15, 0.2) is 0 Å². The molecule has 0 radical (unpaired) electrons. The molecule has 168 valence electrons. The topological polar surface area (TPSA) is 50.5 Å². The third kappa shape index (κ3) is 4.05. The zero-order valence-electron chi connectivity index (χ0n) is 18.5. The Morgan fingerprint density at radius 2 is 1.84 bits per heavy atom. The van der Waals surface area contributed by atoms with Gasteiger partial charge in [-0.2, -0.15) is 0 Å². The van der Waals surface area contributed by atoms with Crippen LogP contribution in [0, 0.1) is 17.7 Å². The molecule has 32 heavy (non-hydrogen) atoms. The van der Waals surface area contributed by atoms with Gasteiger partial charge in [0.05, 0.1) is 0 Å². The van der Waals surface area contributed by atoms with Gasteiger partial charge in [-0.1, -0.05) is 30.7 Å². The van der Waals surface area contributed by atoms with E-state index >= 15 is 0 Å². The number of benzene rings is 2. The third-order valence-corrected chi connectivity index (χ3v) is 7.11. The average Bonchev–Trinajstić information content (AvgIpc) is 3.21. The molecule has 3 aromatic rings. The Morgan fingerprint density at radius 1 is 1.09 bits per heavy atom. The molecule has 1 N–H and O–H groups in total. The van der Waals surface area contributed by atoms with Crippen molar-refractivity contribution in [3.63, 3.8) is 0 Å². The van der Waals surface area contributed by atoms with Crippen LogP contribution in [0.4, 0.5) is 4.39 Å². The lowest BCUT2D eigenvalue weighted by Crippen LogP contribution is -2.58. The number of likely N-dealkylation sites (tertiary alicyclic amines) is 1. The summed E-state index contributed by atoms with van der Waals surface area (Å²) in [6.07, 6.45) is 6.93. The van der Waals surface area contributed by atoms with E-state index in [0.29, 0.717) is 6.61 Å². The highest BCUT2D eigenvalue weighted by Crippen LogP contribution is 2.48. The quantitative estimate of drug-likeness (QED) is 0.629. The van der Waals surface area contributed by atoms with E-state index in [2.05, 4.69) is 22.0 Å². The number of hydrogen-bond acceptors (Lipinski definition) is 4. The monoisotopic (exact) mass is 435 g/mol. The van der Waals surface area contributed by atoms with E-state index in [-0.39, 0.29) is 17.7 Å². The van der Waals surface area contributed by atoms with Crippen LogP contribution in [0.25, 0.3) is 0 Å². The molecular weight excluding hydrogens is 405 g/mol. The first kappa shape index (κ1) is 21.2. The second kappa shape index (κ2) is 8.68. The van der Waals surface area contributed by atoms with Crippen LogP contribution in [0.5, 0.6) is 5.75 Å². The van der Waals surface area contributed by atoms with Gasteiger partial charge in [-0.15, -0.1) is 0 Å². The number of halogens is 1. The fourth-order valence-corrected chi connectivity index (χ4v) is 5.53. The Balaban J connectivity index is 1.26. The number of aromatic nitrogens is 2. The highest BCUT2D eigenvalue weighted by atomic mass is 19.1. The van der Waals surface area contributed by atoms with Crippen molar-refractivity contribution < 1.29 is 14.2 Å². The second-order valence-electron chi connectivity index (χ2n) is 9.27. The van der Waals surface area contributed by atoms with Crippen LogP contribution in [0.3, 0.4) is 0 Å². The Hall–Kier alpha value is -2.70. The fraction of sp³-hybridized carbons (Fsp3) is 0.423. The van der Waals surface area contributed by atoms with Gasteiger partial charge >= 0.3 is 0 Å². The van der Waals surface area contributed by atoms with E-state index in [1.165, 1.54) is 24.1 Å². The molecule has 2 atom stereocenters. The molecule has 2 fully saturated rings. The number of fused-ring (bicyclic) bond motifs is 2. The summed E-state index contributed by atoms with van der Waals surface area (Å²) < 4.78 is 21.0. The van der Waals surface area contributed by atoms with E-state index < -0.39 is 5.60 Å². The summed E-state index contributed by atoms with van der Waals surface area (Å²) in [5.74, 6) is 1.76. The minimum atomic E-state index is -0.840. The minimum absolute atomic E-state index is 0.189. The van der Waals surface area contributed by atoms with Crippen LogP contribution in [-0.2, 0) is 25.8 Å². The molecule has 1 aromatic heterocycles. The first-order chi connectivity index (χ1) is 15.5. The molecule has 6 heteroatoms. The van der Waals surface area contributed by atoms with Crippen molar-refractivity contribution in [1.82, 2.24) is 14.5 Å². The number of nitrogens with zero attached hydrogens (tertiary/aromatic N) is 3. The Morgan fingerprint density at radius 3 is 2.53 bits per heavy atom. The van der Waals surface area contributed by atoms with Gasteiger partial charge in [-0.25, -0.2) is 9.37 Å². The standard InChI is InChI=1S/C26H30FN3O2/c1-29-13-12-28-25(29)26(31)21-5-3-6-22(26)17-30(16-21)15-20-4-2-7-24(14-20)32-18-19-8-10-23(27)11-9-19/h2,4,7-14,21-22,31H,3,5-6,15-18H2,1H3/t21-,22-/m0/s1. The van der Waals surface area contributed by atoms with E-state index in [1.54, 1.807) is 18.3 Å². The highest BCUT2D eigenvalue weighted by Gasteiger charge is 2.53. The van der Waals surface area contributed by atoms with Gasteiger partial charge in [-0.05, 0) is 48.2 Å². The van der Waals surface area contributed by atoms with Gasteiger partial charge in [-0.3, -0.25) is 4.90 Å². The molecule has 1 aliphatic carbocycles. The van der Waals surface area contributed by atoms with Crippen LogP contribution in [-0.4, -0.2) is 32.6 Å². The molecular formula is C26H30FN3O2. The zero-order valence-corrected chi connectivity index (χ0v) is 18.5. The van der Waals surface area contributed by atoms with Crippen LogP contribution >= 0.6 is 0 Å². The van der Waals surface area contributed by atoms with E-state index in [9.17, 15) is 9.50 Å². The molecule has 1 saturated heterocycles. The van der Waals surface area contributed by atoms with Crippen molar-refractivity contribution in [3.8, 4) is 5.75 Å². The zero-order chi connectivity index (χ0) is 22.1. The van der Waals surface area contributed by atoms with Gasteiger partial charge in [0.2, 0.25) is 0 Å². The Labute approximate surface area is 188 Å². The fourth-order valence-electron chi connectivity index (χ4n) is 5.53. The predicted octanol–water partition coefficient (Wildman–Crippen LogP) is 4.26. The Bertz CT molecular complexity index is 1050. The molecule has 2 aromatic carbocycles. The summed E-state index contributed by atoms with van der Waals surface area (Å²) in [6.45, 7) is 2.97. The maximum atomic E-state index is 13.1. The van der Waals surface area contributed by atoms with Crippen LogP contribution < -0.4 is 4.74 Å². The lowest BCUT2D eigenvalue weighted by atomic mass is 9.65. The van der Waals surface area contributed by atoms with Crippen LogP contribution in [0.1, 0.15) is 36.2 Å². The molecule has 2 bridgehead atoms. The van der Waals surface area contributed by atoms with Crippen molar-refractivity contribution in [2.24, 2.45) is 18.9 Å². The summed E-state index contributed by atoms with van der Waals surface area (Å²) in [4.78, 5) is 6.98. The number of rotatable bonds is 6. The van der Waals surface area contributed by atoms with Gasteiger partial charge in [0, 0.05) is 50.9 Å². The van der Waals surface area contributed by atoms with Crippen molar-refractivity contribution in [3.05, 3.63) is 83.7 Å². The maximum Gasteiger partial charge on any atom is 0.141 e. The third-order valence-electron chi connectivity index (χ3n) is 7.11. The maximum absolute atomic E-state index is 13.1. The molecule has 1 aliphatic heterocycles. The first-order valence-corrected chi connectivity index (χ1v) is 11.4. The molecule has 0 spiro atoms. The number of aliphatic hydroxyl groups is 1. The number of aryl methyl sites for hydroxylation is 1. The summed E-state index contributed by atoms with van der Waals surface area (Å²) in [7, 11) is 1.97. The first-order valence-electron chi connectivity index (χ1n) is 11.4. The minimum Gasteiger partial charge on any atom is -0.489 e. The van der Waals surface area contributed by atoms with Crippen LogP contribution in [0.2, 0.25) is 0 Å². The average molecular weight is 436 g/mol. The number of imidazole rings is 1. The largest absolute Gasteiger partial charge is 0.489 e. The lowest BCUT2D eigenvalue weighted by molar-refractivity contribution is -0.155. The summed E-state index contributed by atoms with van der Waals surface area (Å²) in [5, 5.41) is 11.8. The molecule has 2 heterocycles. The normalized spacial score (nSPS) is 25.6. The van der Waals surface area contributed by atoms with Crippen molar-refractivity contribution in [1.29, 1.82) is 0 Å². The molecule has 1 saturated carbocycles. The SMILES string of the molecule is Cn1ccnc1C1(O)[C@H]2CCC[C@H]1CN(Cc1cccc(OCc3ccc(F)cc3)c1)C2. The predicted molar refractivity (Wildman–Crippen MR) is 120 cm³/mol. The van der Waals surface area contributed by atoms with Gasteiger partial charge in [0.25, 0.3) is 0 Å². The van der Waals surface area contributed by atoms with Crippen molar-refractivity contribution in [2.45, 2.75) is 38.0 Å². The number of piperidine rings is 1. The molecule has 0 amide bonds.